The lowest BCUT2D eigenvalue weighted by Gasteiger charge is -2.07. The summed E-state index contributed by atoms with van der Waals surface area (Å²) in [6, 6.07) is 0. The Kier molecular flexibility index (Phi) is 13.1. The minimum Gasteiger partial charge on any atom is -0.463 e. The van der Waals surface area contributed by atoms with Crippen LogP contribution in [0.3, 0.4) is 0 Å². The van der Waals surface area contributed by atoms with Gasteiger partial charge in [-0.1, -0.05) is 6.92 Å². The van der Waals surface area contributed by atoms with Crippen molar-refractivity contribution in [1.29, 1.82) is 0 Å². The molecule has 0 bridgehead atoms. The van der Waals surface area contributed by atoms with Crippen molar-refractivity contribution in [2.45, 2.75) is 19.8 Å². The van der Waals surface area contributed by atoms with E-state index >= 15 is 0 Å². The van der Waals surface area contributed by atoms with Crippen LogP contribution < -0.4 is 0 Å². The van der Waals surface area contributed by atoms with Crippen LogP contribution in [0.1, 0.15) is 19.8 Å². The molecule has 0 N–H and O–H groups in total. The van der Waals surface area contributed by atoms with E-state index in [0.29, 0.717) is 45.0 Å². The summed E-state index contributed by atoms with van der Waals surface area (Å²) in [5, 5.41) is 0. The first kappa shape index (κ1) is 18.2. The minimum absolute atomic E-state index is 0.233. The highest BCUT2D eigenvalue weighted by molar-refractivity contribution is 7.80. The molecule has 0 unspecified atom stereocenters. The zero-order chi connectivity index (χ0) is 14.3. The van der Waals surface area contributed by atoms with Gasteiger partial charge in [-0.3, -0.25) is 9.59 Å². The Hall–Kier alpha value is -0.790. The van der Waals surface area contributed by atoms with Gasteiger partial charge in [0.25, 0.3) is 0 Å². The van der Waals surface area contributed by atoms with E-state index < -0.39 is 0 Å². The van der Waals surface area contributed by atoms with Gasteiger partial charge in [-0.25, -0.2) is 0 Å². The Morgan fingerprint density at radius 3 is 1.79 bits per heavy atom. The van der Waals surface area contributed by atoms with Crippen LogP contribution in [-0.2, 0) is 28.5 Å². The lowest BCUT2D eigenvalue weighted by Crippen LogP contribution is -2.14. The molecule has 0 saturated carbocycles. The maximum atomic E-state index is 10.9. The number of esters is 2. The van der Waals surface area contributed by atoms with Gasteiger partial charge < -0.3 is 18.9 Å². The predicted octanol–water partition coefficient (Wildman–Crippen LogP) is 0.836. The van der Waals surface area contributed by atoms with Gasteiger partial charge in [0.15, 0.2) is 0 Å². The molecule has 6 nitrogen and oxygen atoms in total. The maximum absolute atomic E-state index is 10.9. The van der Waals surface area contributed by atoms with E-state index in [2.05, 4.69) is 12.6 Å². The first-order valence-electron chi connectivity index (χ1n) is 6.28. The topological polar surface area (TPSA) is 71.1 Å². The quantitative estimate of drug-likeness (QED) is 0.327. The smallest absolute Gasteiger partial charge is 0.306 e. The maximum Gasteiger partial charge on any atom is 0.306 e. The number of thiol groups is 1. The Morgan fingerprint density at radius 1 is 0.842 bits per heavy atom. The summed E-state index contributed by atoms with van der Waals surface area (Å²) in [4.78, 5) is 21.7. The molecule has 0 amide bonds. The van der Waals surface area contributed by atoms with Crippen molar-refractivity contribution in [2.75, 3.05) is 45.4 Å². The van der Waals surface area contributed by atoms with Gasteiger partial charge in [-0.15, -0.1) is 0 Å². The van der Waals surface area contributed by atoms with Crippen molar-refractivity contribution in [3.8, 4) is 0 Å². The standard InChI is InChI=1S/C12H22O6S/c1-2-11(13)17-8-6-15-4-5-16-7-9-18-12(14)3-10-19/h19H,2-10H2,1H3. The molecule has 0 aliphatic carbocycles. The van der Waals surface area contributed by atoms with E-state index in [9.17, 15) is 9.59 Å². The van der Waals surface area contributed by atoms with Gasteiger partial charge in [0.1, 0.15) is 13.2 Å². The van der Waals surface area contributed by atoms with Crippen LogP contribution in [0.5, 0.6) is 0 Å². The van der Waals surface area contributed by atoms with Crippen LogP contribution >= 0.6 is 12.6 Å². The van der Waals surface area contributed by atoms with E-state index in [1.165, 1.54) is 0 Å². The molecule has 0 aliphatic heterocycles. The average molecular weight is 294 g/mol. The van der Waals surface area contributed by atoms with Crippen molar-refractivity contribution >= 4 is 24.6 Å². The van der Waals surface area contributed by atoms with Crippen LogP contribution in [0.4, 0.5) is 0 Å². The molecule has 0 fully saturated rings. The zero-order valence-corrected chi connectivity index (χ0v) is 12.2. The Labute approximate surface area is 119 Å². The Morgan fingerprint density at radius 2 is 1.32 bits per heavy atom. The third kappa shape index (κ3) is 13.4. The third-order valence-electron chi connectivity index (χ3n) is 1.96. The second-order valence-corrected chi connectivity index (χ2v) is 3.94. The van der Waals surface area contributed by atoms with Crippen LogP contribution in [0.25, 0.3) is 0 Å². The molecule has 0 spiro atoms. The van der Waals surface area contributed by atoms with Crippen molar-refractivity contribution in [2.24, 2.45) is 0 Å². The molecular weight excluding hydrogens is 272 g/mol. The molecule has 0 rings (SSSR count). The van der Waals surface area contributed by atoms with E-state index in [4.69, 9.17) is 18.9 Å². The highest BCUT2D eigenvalue weighted by atomic mass is 32.1. The highest BCUT2D eigenvalue weighted by Gasteiger charge is 2.00. The van der Waals surface area contributed by atoms with Gasteiger partial charge >= 0.3 is 11.9 Å². The number of carbonyl (C=O) groups is 2. The number of rotatable bonds is 12. The average Bonchev–Trinajstić information content (AvgIpc) is 2.40. The number of ether oxygens (including phenoxy) is 4. The summed E-state index contributed by atoms with van der Waals surface area (Å²) in [6.07, 6.45) is 0.678. The van der Waals surface area contributed by atoms with Crippen molar-refractivity contribution in [3.63, 3.8) is 0 Å². The van der Waals surface area contributed by atoms with Gasteiger partial charge in [0.05, 0.1) is 32.8 Å². The molecule has 0 aromatic rings. The second kappa shape index (κ2) is 13.6. The summed E-state index contributed by atoms with van der Waals surface area (Å²) in [6.45, 7) is 3.74. The fourth-order valence-electron chi connectivity index (χ4n) is 1.02. The van der Waals surface area contributed by atoms with Crippen LogP contribution in [-0.4, -0.2) is 57.3 Å². The normalized spacial score (nSPS) is 10.2. The van der Waals surface area contributed by atoms with Gasteiger partial charge in [0, 0.05) is 12.2 Å². The molecule has 0 heterocycles. The highest BCUT2D eigenvalue weighted by Crippen LogP contribution is 1.89. The van der Waals surface area contributed by atoms with E-state index in [-0.39, 0.29) is 25.2 Å². The summed E-state index contributed by atoms with van der Waals surface area (Å²) >= 11 is 3.92. The Bertz CT molecular complexity index is 246. The van der Waals surface area contributed by atoms with Gasteiger partial charge in [-0.05, 0) is 0 Å². The molecule has 0 atom stereocenters. The fraction of sp³-hybridized carbons (Fsp3) is 0.833. The van der Waals surface area contributed by atoms with Crippen LogP contribution in [0, 0.1) is 0 Å². The monoisotopic (exact) mass is 294 g/mol. The van der Waals surface area contributed by atoms with E-state index in [1.807, 2.05) is 0 Å². The molecule has 19 heavy (non-hydrogen) atoms. The first-order chi connectivity index (χ1) is 9.20. The van der Waals surface area contributed by atoms with E-state index in [0.717, 1.165) is 0 Å². The SMILES string of the molecule is CCC(=O)OCCOCCOCCOC(=O)CCS. The summed E-state index contributed by atoms with van der Waals surface area (Å²) < 4.78 is 20.0. The molecule has 7 heteroatoms. The molecule has 0 radical (unpaired) electrons. The summed E-state index contributed by atoms with van der Waals surface area (Å²) in [5.74, 6) is -0.0219. The third-order valence-corrected chi connectivity index (χ3v) is 2.18. The second-order valence-electron chi connectivity index (χ2n) is 3.49. The number of hydrogen-bond donors (Lipinski definition) is 1. The van der Waals surface area contributed by atoms with Crippen molar-refractivity contribution < 1.29 is 28.5 Å². The largest absolute Gasteiger partial charge is 0.463 e. The predicted molar refractivity (Wildman–Crippen MR) is 72.3 cm³/mol. The van der Waals surface area contributed by atoms with Gasteiger partial charge in [-0.2, -0.15) is 12.6 Å². The van der Waals surface area contributed by atoms with Crippen LogP contribution in [0.15, 0.2) is 0 Å². The number of hydrogen-bond acceptors (Lipinski definition) is 7. The molecular formula is C12H22O6S. The lowest BCUT2D eigenvalue weighted by atomic mass is 10.5. The van der Waals surface area contributed by atoms with Crippen molar-refractivity contribution in [3.05, 3.63) is 0 Å². The molecule has 112 valence electrons. The molecule has 0 saturated heterocycles. The fourth-order valence-corrected chi connectivity index (χ4v) is 1.20. The molecule has 0 aliphatic rings. The number of carbonyl (C=O) groups excluding carboxylic acids is 2. The first-order valence-corrected chi connectivity index (χ1v) is 6.91. The molecule has 0 aromatic carbocycles. The summed E-state index contributed by atoms with van der Waals surface area (Å²) in [7, 11) is 0. The lowest BCUT2D eigenvalue weighted by molar-refractivity contribution is -0.146. The van der Waals surface area contributed by atoms with Crippen LogP contribution in [0.2, 0.25) is 0 Å². The Balaban J connectivity index is 3.11. The van der Waals surface area contributed by atoms with E-state index in [1.54, 1.807) is 6.92 Å². The molecule has 0 aromatic heterocycles. The van der Waals surface area contributed by atoms with Crippen molar-refractivity contribution in [1.82, 2.24) is 0 Å². The minimum atomic E-state index is -0.271. The zero-order valence-electron chi connectivity index (χ0n) is 11.3. The summed E-state index contributed by atoms with van der Waals surface area (Å²) in [5.41, 5.74) is 0. The van der Waals surface area contributed by atoms with Gasteiger partial charge in [0.2, 0.25) is 0 Å².